The zero-order valence-electron chi connectivity index (χ0n) is 9.30. The van der Waals surface area contributed by atoms with E-state index < -0.39 is 0 Å². The van der Waals surface area contributed by atoms with Crippen LogP contribution in [0.4, 0.5) is 0 Å². The van der Waals surface area contributed by atoms with Gasteiger partial charge in [-0.25, -0.2) is 0 Å². The molecule has 1 aromatic rings. The van der Waals surface area contributed by atoms with Gasteiger partial charge in [-0.1, -0.05) is 0 Å². The molecule has 2 heteroatoms. The Bertz CT molecular complexity index is 409. The summed E-state index contributed by atoms with van der Waals surface area (Å²) in [4.78, 5) is 0. The highest BCUT2D eigenvalue weighted by molar-refractivity contribution is 5.44. The predicted molar refractivity (Wildman–Crippen MR) is 60.9 cm³/mol. The summed E-state index contributed by atoms with van der Waals surface area (Å²) in [6, 6.07) is 6.27. The van der Waals surface area contributed by atoms with Gasteiger partial charge in [-0.15, -0.1) is 0 Å². The van der Waals surface area contributed by atoms with E-state index >= 15 is 0 Å². The van der Waals surface area contributed by atoms with E-state index in [1.54, 1.807) is 0 Å². The van der Waals surface area contributed by atoms with Gasteiger partial charge < -0.3 is 5.32 Å². The Hall–Kier alpha value is -1.33. The summed E-state index contributed by atoms with van der Waals surface area (Å²) in [5, 5.41) is 12.3. The maximum Gasteiger partial charge on any atom is 0.0991 e. The Labute approximate surface area is 90.9 Å². The quantitative estimate of drug-likeness (QED) is 0.754. The molecule has 1 saturated heterocycles. The van der Waals surface area contributed by atoms with E-state index in [2.05, 4.69) is 31.3 Å². The molecular formula is C13H16N2. The summed E-state index contributed by atoms with van der Waals surface area (Å²) in [5.74, 6) is 0.594. The van der Waals surface area contributed by atoms with E-state index in [4.69, 9.17) is 5.26 Å². The zero-order valence-corrected chi connectivity index (χ0v) is 9.30. The van der Waals surface area contributed by atoms with Gasteiger partial charge in [0.2, 0.25) is 0 Å². The Morgan fingerprint density at radius 2 is 2.20 bits per heavy atom. The third-order valence-corrected chi connectivity index (χ3v) is 3.34. The normalized spacial score (nSPS) is 20.2. The lowest BCUT2D eigenvalue weighted by Gasteiger charge is -2.14. The van der Waals surface area contributed by atoms with Crippen molar-refractivity contribution in [2.45, 2.75) is 26.2 Å². The lowest BCUT2D eigenvalue weighted by Crippen LogP contribution is -2.09. The minimum Gasteiger partial charge on any atom is -0.316 e. The maximum absolute atomic E-state index is 8.95. The fraction of sp³-hybridized carbons (Fsp3) is 0.462. The van der Waals surface area contributed by atoms with E-state index in [0.29, 0.717) is 5.92 Å². The van der Waals surface area contributed by atoms with Gasteiger partial charge >= 0.3 is 0 Å². The molecule has 0 spiro atoms. The number of nitriles is 1. The average Bonchev–Trinajstić information content (AvgIpc) is 2.75. The van der Waals surface area contributed by atoms with Crippen LogP contribution >= 0.6 is 0 Å². The predicted octanol–water partition coefficient (Wildman–Crippen LogP) is 2.25. The van der Waals surface area contributed by atoms with E-state index in [-0.39, 0.29) is 0 Å². The first-order valence-corrected chi connectivity index (χ1v) is 5.44. The van der Waals surface area contributed by atoms with Crippen molar-refractivity contribution >= 4 is 0 Å². The van der Waals surface area contributed by atoms with Crippen molar-refractivity contribution in [1.82, 2.24) is 5.32 Å². The standard InChI is InChI=1S/C13H16N2/c1-9-5-11(7-14)6-13(10(9)2)12-3-4-15-8-12/h5-6,12,15H,3-4,8H2,1-2H3. The molecular weight excluding hydrogens is 184 g/mol. The van der Waals surface area contributed by atoms with Crippen LogP contribution in [0.25, 0.3) is 0 Å². The molecule has 1 atom stereocenters. The van der Waals surface area contributed by atoms with Crippen molar-refractivity contribution in [3.8, 4) is 6.07 Å². The van der Waals surface area contributed by atoms with Gasteiger partial charge in [0.1, 0.15) is 0 Å². The Morgan fingerprint density at radius 3 is 2.80 bits per heavy atom. The molecule has 0 saturated carbocycles. The lowest BCUT2D eigenvalue weighted by atomic mass is 9.90. The van der Waals surface area contributed by atoms with E-state index in [9.17, 15) is 0 Å². The van der Waals surface area contributed by atoms with Crippen LogP contribution in [-0.2, 0) is 0 Å². The van der Waals surface area contributed by atoms with Crippen molar-refractivity contribution in [2.24, 2.45) is 0 Å². The first kappa shape index (κ1) is 10.2. The highest BCUT2D eigenvalue weighted by Crippen LogP contribution is 2.28. The second-order valence-electron chi connectivity index (χ2n) is 4.31. The zero-order chi connectivity index (χ0) is 10.8. The van der Waals surface area contributed by atoms with E-state index in [1.807, 2.05) is 6.07 Å². The molecule has 1 aliphatic heterocycles. The summed E-state index contributed by atoms with van der Waals surface area (Å²) >= 11 is 0. The van der Waals surface area contributed by atoms with Crippen molar-refractivity contribution in [3.63, 3.8) is 0 Å². The van der Waals surface area contributed by atoms with Gasteiger partial charge in [0.25, 0.3) is 0 Å². The third kappa shape index (κ3) is 1.88. The molecule has 78 valence electrons. The summed E-state index contributed by atoms with van der Waals surface area (Å²) < 4.78 is 0. The van der Waals surface area contributed by atoms with Gasteiger partial charge in [0.05, 0.1) is 11.6 Å². The molecule has 1 fully saturated rings. The molecule has 1 N–H and O–H groups in total. The smallest absolute Gasteiger partial charge is 0.0991 e. The van der Waals surface area contributed by atoms with Gasteiger partial charge in [0, 0.05) is 6.54 Å². The second kappa shape index (κ2) is 4.04. The number of hydrogen-bond acceptors (Lipinski definition) is 2. The van der Waals surface area contributed by atoms with E-state index in [1.165, 1.54) is 23.1 Å². The molecule has 0 aliphatic carbocycles. The van der Waals surface area contributed by atoms with E-state index in [0.717, 1.165) is 18.7 Å². The molecule has 0 aromatic heterocycles. The largest absolute Gasteiger partial charge is 0.316 e. The molecule has 2 rings (SSSR count). The summed E-state index contributed by atoms with van der Waals surface area (Å²) in [7, 11) is 0. The Balaban J connectivity index is 2.45. The average molecular weight is 200 g/mol. The topological polar surface area (TPSA) is 35.8 Å². The summed E-state index contributed by atoms with van der Waals surface area (Å²) in [6.45, 7) is 6.39. The first-order valence-electron chi connectivity index (χ1n) is 5.44. The molecule has 1 aromatic carbocycles. The molecule has 15 heavy (non-hydrogen) atoms. The molecule has 0 bridgehead atoms. The van der Waals surface area contributed by atoms with Crippen LogP contribution in [0.5, 0.6) is 0 Å². The number of aryl methyl sites for hydroxylation is 1. The van der Waals surface area contributed by atoms with Gasteiger partial charge in [-0.2, -0.15) is 5.26 Å². The molecule has 1 unspecified atom stereocenters. The fourth-order valence-electron chi connectivity index (χ4n) is 2.30. The van der Waals surface area contributed by atoms with Crippen LogP contribution in [0, 0.1) is 25.2 Å². The Kier molecular flexibility index (Phi) is 2.75. The number of benzene rings is 1. The van der Waals surface area contributed by atoms with Crippen molar-refractivity contribution in [3.05, 3.63) is 34.4 Å². The minimum atomic E-state index is 0.594. The second-order valence-corrected chi connectivity index (χ2v) is 4.31. The minimum absolute atomic E-state index is 0.594. The van der Waals surface area contributed by atoms with Crippen molar-refractivity contribution in [1.29, 1.82) is 5.26 Å². The van der Waals surface area contributed by atoms with Crippen molar-refractivity contribution < 1.29 is 0 Å². The SMILES string of the molecule is Cc1cc(C#N)cc(C2CCNC2)c1C. The van der Waals surface area contributed by atoms with Crippen LogP contribution in [-0.4, -0.2) is 13.1 Å². The van der Waals surface area contributed by atoms with Gasteiger partial charge in [0.15, 0.2) is 0 Å². The van der Waals surface area contributed by atoms with Crippen molar-refractivity contribution in [2.75, 3.05) is 13.1 Å². The Morgan fingerprint density at radius 1 is 1.40 bits per heavy atom. The first-order chi connectivity index (χ1) is 7.22. The molecule has 0 radical (unpaired) electrons. The highest BCUT2D eigenvalue weighted by atomic mass is 14.9. The van der Waals surface area contributed by atoms with Gasteiger partial charge in [-0.3, -0.25) is 0 Å². The molecule has 0 amide bonds. The van der Waals surface area contributed by atoms with Crippen LogP contribution in [0.2, 0.25) is 0 Å². The molecule has 1 heterocycles. The summed E-state index contributed by atoms with van der Waals surface area (Å²) in [5.41, 5.74) is 4.73. The van der Waals surface area contributed by atoms with Gasteiger partial charge in [-0.05, 0) is 61.6 Å². The number of nitrogens with zero attached hydrogens (tertiary/aromatic N) is 1. The third-order valence-electron chi connectivity index (χ3n) is 3.34. The van der Waals surface area contributed by atoms with Crippen LogP contribution < -0.4 is 5.32 Å². The number of rotatable bonds is 1. The van der Waals surface area contributed by atoms with Crippen LogP contribution in [0.3, 0.4) is 0 Å². The monoisotopic (exact) mass is 200 g/mol. The fourth-order valence-corrected chi connectivity index (χ4v) is 2.30. The molecule has 2 nitrogen and oxygen atoms in total. The molecule has 1 aliphatic rings. The lowest BCUT2D eigenvalue weighted by molar-refractivity contribution is 0.755. The van der Waals surface area contributed by atoms with Crippen LogP contribution in [0.1, 0.15) is 34.6 Å². The number of nitrogens with one attached hydrogen (secondary N) is 1. The highest BCUT2D eigenvalue weighted by Gasteiger charge is 2.19. The number of hydrogen-bond donors (Lipinski definition) is 1. The maximum atomic E-state index is 8.95. The van der Waals surface area contributed by atoms with Crippen LogP contribution in [0.15, 0.2) is 12.1 Å². The summed E-state index contributed by atoms with van der Waals surface area (Å²) in [6.07, 6.45) is 1.19.